The summed E-state index contributed by atoms with van der Waals surface area (Å²) in [6.07, 6.45) is 4.08. The number of rotatable bonds is 3. The van der Waals surface area contributed by atoms with E-state index in [0.717, 1.165) is 62.5 Å². The summed E-state index contributed by atoms with van der Waals surface area (Å²) in [7, 11) is 0. The quantitative estimate of drug-likeness (QED) is 0.882. The molecule has 3 heterocycles. The van der Waals surface area contributed by atoms with Crippen molar-refractivity contribution in [2.24, 2.45) is 5.92 Å². The Kier molecular flexibility index (Phi) is 5.29. The van der Waals surface area contributed by atoms with Gasteiger partial charge < -0.3 is 20.4 Å². The van der Waals surface area contributed by atoms with Crippen LogP contribution in [-0.2, 0) is 0 Å². The number of benzene rings is 1. The number of aromatic nitrogens is 2. The number of nitrogen functional groups attached to an aromatic ring is 1. The Bertz CT molecular complexity index is 820. The highest BCUT2D eigenvalue weighted by atomic mass is 15.3. The Balaban J connectivity index is 1.48. The van der Waals surface area contributed by atoms with E-state index in [1.54, 1.807) is 6.33 Å². The maximum absolute atomic E-state index is 6.55. The van der Waals surface area contributed by atoms with Crippen molar-refractivity contribution in [2.75, 3.05) is 59.7 Å². The lowest BCUT2D eigenvalue weighted by molar-refractivity contribution is 0.437. The topological polar surface area (TPSA) is 61.5 Å². The van der Waals surface area contributed by atoms with Crippen molar-refractivity contribution in [2.45, 2.75) is 33.6 Å². The van der Waals surface area contributed by atoms with Gasteiger partial charge in [0.2, 0.25) is 0 Å². The third kappa shape index (κ3) is 3.60. The highest BCUT2D eigenvalue weighted by Crippen LogP contribution is 2.32. The minimum Gasteiger partial charge on any atom is -0.393 e. The molecular formula is C22H32N6. The number of piperazine rings is 1. The van der Waals surface area contributed by atoms with Crippen molar-refractivity contribution in [1.29, 1.82) is 0 Å². The zero-order valence-electron chi connectivity index (χ0n) is 17.4. The van der Waals surface area contributed by atoms with Crippen LogP contribution in [0.4, 0.5) is 23.0 Å². The number of nitrogens with two attached hydrogens (primary N) is 1. The molecule has 2 aliphatic heterocycles. The normalized spacial score (nSPS) is 18.6. The number of piperidine rings is 1. The molecule has 2 fully saturated rings. The number of hydrogen-bond acceptors (Lipinski definition) is 6. The Morgan fingerprint density at radius 1 is 0.857 bits per heavy atom. The van der Waals surface area contributed by atoms with Crippen LogP contribution < -0.4 is 20.4 Å². The van der Waals surface area contributed by atoms with Gasteiger partial charge in [-0.15, -0.1) is 0 Å². The standard InChI is InChI=1S/C22H32N6/c1-16-7-9-27(10-8-16)21-20(23)22(25-15-24-21)28-13-11-26(12-14-28)19-6-4-5-17(2)18(19)3/h4-6,15-16H,7-14,23H2,1-3H3. The smallest absolute Gasteiger partial charge is 0.157 e. The van der Waals surface area contributed by atoms with Gasteiger partial charge in [0, 0.05) is 45.0 Å². The average molecular weight is 381 g/mol. The fourth-order valence-electron chi connectivity index (χ4n) is 4.34. The van der Waals surface area contributed by atoms with Crippen molar-refractivity contribution in [3.8, 4) is 0 Å². The molecule has 1 aromatic carbocycles. The highest BCUT2D eigenvalue weighted by molar-refractivity contribution is 5.76. The summed E-state index contributed by atoms with van der Waals surface area (Å²) in [4.78, 5) is 16.2. The van der Waals surface area contributed by atoms with Crippen LogP contribution in [0.15, 0.2) is 24.5 Å². The van der Waals surface area contributed by atoms with E-state index in [1.165, 1.54) is 29.7 Å². The van der Waals surface area contributed by atoms with E-state index in [-0.39, 0.29) is 0 Å². The van der Waals surface area contributed by atoms with Gasteiger partial charge in [0.15, 0.2) is 11.6 Å². The zero-order chi connectivity index (χ0) is 19.7. The van der Waals surface area contributed by atoms with Gasteiger partial charge in [0.1, 0.15) is 12.0 Å². The van der Waals surface area contributed by atoms with E-state index in [9.17, 15) is 0 Å². The molecule has 28 heavy (non-hydrogen) atoms. The molecule has 0 atom stereocenters. The van der Waals surface area contributed by atoms with Gasteiger partial charge in [-0.1, -0.05) is 19.1 Å². The van der Waals surface area contributed by atoms with E-state index in [0.29, 0.717) is 0 Å². The molecule has 1 aromatic heterocycles. The molecule has 6 heteroatoms. The van der Waals surface area contributed by atoms with E-state index in [2.05, 4.69) is 63.6 Å². The van der Waals surface area contributed by atoms with Crippen LogP contribution >= 0.6 is 0 Å². The van der Waals surface area contributed by atoms with Crippen molar-refractivity contribution >= 4 is 23.0 Å². The van der Waals surface area contributed by atoms with E-state index >= 15 is 0 Å². The monoisotopic (exact) mass is 380 g/mol. The van der Waals surface area contributed by atoms with Crippen molar-refractivity contribution in [1.82, 2.24) is 9.97 Å². The van der Waals surface area contributed by atoms with Gasteiger partial charge in [-0.05, 0) is 49.8 Å². The molecule has 4 rings (SSSR count). The molecular weight excluding hydrogens is 348 g/mol. The molecule has 2 N–H and O–H groups in total. The van der Waals surface area contributed by atoms with Crippen LogP contribution in [0.2, 0.25) is 0 Å². The molecule has 2 aromatic rings. The SMILES string of the molecule is Cc1cccc(N2CCN(c3ncnc(N4CCC(C)CC4)c3N)CC2)c1C. The third-order valence-electron chi connectivity index (χ3n) is 6.42. The molecule has 0 amide bonds. The summed E-state index contributed by atoms with van der Waals surface area (Å²) in [5.74, 6) is 2.59. The summed E-state index contributed by atoms with van der Waals surface area (Å²) in [5.41, 5.74) is 11.3. The van der Waals surface area contributed by atoms with Gasteiger partial charge in [0.05, 0.1) is 0 Å². The number of aryl methyl sites for hydroxylation is 1. The summed E-state index contributed by atoms with van der Waals surface area (Å²) in [6.45, 7) is 12.6. The molecule has 0 unspecified atom stereocenters. The van der Waals surface area contributed by atoms with E-state index < -0.39 is 0 Å². The van der Waals surface area contributed by atoms with Crippen LogP contribution in [0.3, 0.4) is 0 Å². The zero-order valence-corrected chi connectivity index (χ0v) is 17.4. The van der Waals surface area contributed by atoms with Crippen LogP contribution in [0.1, 0.15) is 30.9 Å². The molecule has 0 aliphatic carbocycles. The molecule has 150 valence electrons. The first-order valence-corrected chi connectivity index (χ1v) is 10.5. The van der Waals surface area contributed by atoms with Crippen molar-refractivity contribution < 1.29 is 0 Å². The van der Waals surface area contributed by atoms with Crippen molar-refractivity contribution in [3.05, 3.63) is 35.7 Å². The maximum Gasteiger partial charge on any atom is 0.157 e. The largest absolute Gasteiger partial charge is 0.393 e. The first-order valence-electron chi connectivity index (χ1n) is 10.5. The molecule has 6 nitrogen and oxygen atoms in total. The van der Waals surface area contributed by atoms with Crippen molar-refractivity contribution in [3.63, 3.8) is 0 Å². The summed E-state index contributed by atoms with van der Waals surface area (Å²) < 4.78 is 0. The highest BCUT2D eigenvalue weighted by Gasteiger charge is 2.25. The third-order valence-corrected chi connectivity index (χ3v) is 6.42. The molecule has 0 saturated carbocycles. The molecule has 0 radical (unpaired) electrons. The Labute approximate surface area is 168 Å². The fraction of sp³-hybridized carbons (Fsp3) is 0.545. The summed E-state index contributed by atoms with van der Waals surface area (Å²) >= 11 is 0. The number of hydrogen-bond donors (Lipinski definition) is 1. The van der Waals surface area contributed by atoms with Crippen LogP contribution in [0.25, 0.3) is 0 Å². The predicted octanol–water partition coefficient (Wildman–Crippen LogP) is 3.24. The second-order valence-corrected chi connectivity index (χ2v) is 8.30. The van der Waals surface area contributed by atoms with Gasteiger partial charge in [-0.2, -0.15) is 0 Å². The Hall–Kier alpha value is -2.50. The minimum atomic E-state index is 0.734. The first kappa shape index (κ1) is 18.8. The van der Waals surface area contributed by atoms with Gasteiger partial charge in [0.25, 0.3) is 0 Å². The maximum atomic E-state index is 6.55. The average Bonchev–Trinajstić information content (AvgIpc) is 2.71. The lowest BCUT2D eigenvalue weighted by Gasteiger charge is -2.38. The summed E-state index contributed by atoms with van der Waals surface area (Å²) in [6, 6.07) is 6.56. The second-order valence-electron chi connectivity index (χ2n) is 8.30. The molecule has 2 aliphatic rings. The van der Waals surface area contributed by atoms with Crippen LogP contribution in [0, 0.1) is 19.8 Å². The Morgan fingerprint density at radius 2 is 1.43 bits per heavy atom. The number of anilines is 4. The van der Waals surface area contributed by atoms with E-state index in [4.69, 9.17) is 5.73 Å². The fourth-order valence-corrected chi connectivity index (χ4v) is 4.34. The van der Waals surface area contributed by atoms with Gasteiger partial charge in [-0.25, -0.2) is 9.97 Å². The van der Waals surface area contributed by atoms with Crippen LogP contribution in [0.5, 0.6) is 0 Å². The van der Waals surface area contributed by atoms with Gasteiger partial charge >= 0.3 is 0 Å². The molecule has 0 bridgehead atoms. The van der Waals surface area contributed by atoms with E-state index in [1.807, 2.05) is 0 Å². The predicted molar refractivity (Wildman–Crippen MR) is 117 cm³/mol. The Morgan fingerprint density at radius 3 is 2.07 bits per heavy atom. The molecule has 2 saturated heterocycles. The van der Waals surface area contributed by atoms with Crippen LogP contribution in [-0.4, -0.2) is 49.2 Å². The second kappa shape index (κ2) is 7.86. The lowest BCUT2D eigenvalue weighted by atomic mass is 9.99. The lowest BCUT2D eigenvalue weighted by Crippen LogP contribution is -2.47. The first-order chi connectivity index (χ1) is 13.5. The number of nitrogens with zero attached hydrogens (tertiary/aromatic N) is 5. The summed E-state index contributed by atoms with van der Waals surface area (Å²) in [5, 5.41) is 0. The minimum absolute atomic E-state index is 0.734. The molecule has 0 spiro atoms. The van der Waals surface area contributed by atoms with Gasteiger partial charge in [-0.3, -0.25) is 0 Å².